The molecule has 3 N–H and O–H groups in total. The zero-order chi connectivity index (χ0) is 17.1. The molecule has 0 unspecified atom stereocenters. The highest BCUT2D eigenvalue weighted by Gasteiger charge is 2.10. The highest BCUT2D eigenvalue weighted by molar-refractivity contribution is 9.10. The van der Waals surface area contributed by atoms with E-state index in [1.165, 1.54) is 6.08 Å². The van der Waals surface area contributed by atoms with E-state index in [-0.39, 0.29) is 12.5 Å². The number of pyridine rings is 1. The van der Waals surface area contributed by atoms with Crippen molar-refractivity contribution < 1.29 is 9.21 Å². The molecule has 122 valence electrons. The number of nitrogens with two attached hydrogens (primary N) is 1. The average Bonchev–Trinajstić information content (AvgIpc) is 2.95. The van der Waals surface area contributed by atoms with E-state index in [0.717, 1.165) is 10.0 Å². The second-order valence-electron chi connectivity index (χ2n) is 4.91. The van der Waals surface area contributed by atoms with Crippen LogP contribution in [0.25, 0.3) is 17.2 Å². The molecule has 24 heavy (non-hydrogen) atoms. The number of anilines is 1. The number of amides is 1. The molecule has 0 aliphatic heterocycles. The molecule has 0 aliphatic rings. The number of carbonyl (C=O) groups is 1. The summed E-state index contributed by atoms with van der Waals surface area (Å²) in [4.78, 5) is 20.1. The van der Waals surface area contributed by atoms with Crippen LogP contribution in [0.4, 0.5) is 5.82 Å². The fourth-order valence-electron chi connectivity index (χ4n) is 1.99. The van der Waals surface area contributed by atoms with Crippen LogP contribution in [0.5, 0.6) is 0 Å². The van der Waals surface area contributed by atoms with E-state index >= 15 is 0 Å². The van der Waals surface area contributed by atoms with Gasteiger partial charge in [-0.15, -0.1) is 0 Å². The molecular weight excluding hydrogens is 396 g/mol. The summed E-state index contributed by atoms with van der Waals surface area (Å²) >= 11 is 9.43. The smallest absolute Gasteiger partial charge is 0.244 e. The molecule has 1 aromatic carbocycles. The zero-order valence-corrected chi connectivity index (χ0v) is 14.6. The first kappa shape index (κ1) is 16.5. The molecule has 2 aromatic heterocycles. The van der Waals surface area contributed by atoms with E-state index in [9.17, 15) is 4.79 Å². The SMILES string of the molecule is Nc1ccc(/C=C/C(=O)NCc2nc3cc(Br)cc(Cl)c3o2)cn1. The van der Waals surface area contributed by atoms with Crippen molar-refractivity contribution in [3.05, 3.63) is 57.5 Å². The van der Waals surface area contributed by atoms with Crippen molar-refractivity contribution in [2.45, 2.75) is 6.54 Å². The predicted octanol–water partition coefficient (Wildman–Crippen LogP) is 3.55. The highest BCUT2D eigenvalue weighted by Crippen LogP contribution is 2.28. The number of halogens is 2. The van der Waals surface area contributed by atoms with E-state index < -0.39 is 0 Å². The van der Waals surface area contributed by atoms with Gasteiger partial charge in [0.15, 0.2) is 5.58 Å². The summed E-state index contributed by atoms with van der Waals surface area (Å²) in [6, 6.07) is 6.95. The highest BCUT2D eigenvalue weighted by atomic mass is 79.9. The number of benzene rings is 1. The third kappa shape index (κ3) is 3.93. The van der Waals surface area contributed by atoms with Gasteiger partial charge in [0.25, 0.3) is 0 Å². The van der Waals surface area contributed by atoms with Crippen molar-refractivity contribution in [2.24, 2.45) is 0 Å². The maximum absolute atomic E-state index is 11.8. The van der Waals surface area contributed by atoms with Crippen molar-refractivity contribution in [1.82, 2.24) is 15.3 Å². The Morgan fingerprint density at radius 1 is 1.42 bits per heavy atom. The molecule has 0 atom stereocenters. The molecule has 1 amide bonds. The minimum absolute atomic E-state index is 0.159. The lowest BCUT2D eigenvalue weighted by Gasteiger charge is -1.98. The number of rotatable bonds is 4. The lowest BCUT2D eigenvalue weighted by atomic mass is 10.2. The Balaban J connectivity index is 1.64. The first-order valence-corrected chi connectivity index (χ1v) is 8.10. The van der Waals surface area contributed by atoms with Gasteiger partial charge in [0.2, 0.25) is 11.8 Å². The Morgan fingerprint density at radius 3 is 3.00 bits per heavy atom. The lowest BCUT2D eigenvalue weighted by Crippen LogP contribution is -2.20. The van der Waals surface area contributed by atoms with Crippen molar-refractivity contribution in [2.75, 3.05) is 5.73 Å². The maximum Gasteiger partial charge on any atom is 0.244 e. The van der Waals surface area contributed by atoms with Gasteiger partial charge in [-0.1, -0.05) is 27.5 Å². The van der Waals surface area contributed by atoms with Gasteiger partial charge in [-0.2, -0.15) is 0 Å². The van der Waals surface area contributed by atoms with Gasteiger partial charge in [0, 0.05) is 16.7 Å². The van der Waals surface area contributed by atoms with E-state index in [0.29, 0.717) is 27.8 Å². The molecule has 0 spiro atoms. The van der Waals surface area contributed by atoms with Gasteiger partial charge >= 0.3 is 0 Å². The number of fused-ring (bicyclic) bond motifs is 1. The van der Waals surface area contributed by atoms with Gasteiger partial charge in [-0.05, 0) is 35.9 Å². The van der Waals surface area contributed by atoms with Crippen LogP contribution in [0.15, 0.2) is 45.4 Å². The molecule has 0 saturated heterocycles. The molecule has 6 nitrogen and oxygen atoms in total. The topological polar surface area (TPSA) is 94.0 Å². The quantitative estimate of drug-likeness (QED) is 0.645. The number of nitrogen functional groups attached to an aromatic ring is 1. The van der Waals surface area contributed by atoms with Gasteiger partial charge in [-0.3, -0.25) is 4.79 Å². The Bertz CT molecular complexity index is 922. The molecule has 0 fully saturated rings. The normalized spacial score (nSPS) is 11.2. The molecule has 0 saturated carbocycles. The van der Waals surface area contributed by atoms with E-state index in [1.54, 1.807) is 36.5 Å². The fraction of sp³-hybridized carbons (Fsp3) is 0.0625. The number of hydrogen-bond acceptors (Lipinski definition) is 5. The van der Waals surface area contributed by atoms with Crippen molar-refractivity contribution in [1.29, 1.82) is 0 Å². The van der Waals surface area contributed by atoms with Crippen molar-refractivity contribution in [3.8, 4) is 0 Å². The fourth-order valence-corrected chi connectivity index (χ4v) is 2.82. The summed E-state index contributed by atoms with van der Waals surface area (Å²) in [5.41, 5.74) is 7.40. The number of aromatic nitrogens is 2. The largest absolute Gasteiger partial charge is 0.437 e. The number of nitrogens with one attached hydrogen (secondary N) is 1. The van der Waals surface area contributed by atoms with Crippen LogP contribution in [0, 0.1) is 0 Å². The monoisotopic (exact) mass is 406 g/mol. The van der Waals surface area contributed by atoms with Crippen LogP contribution in [0.2, 0.25) is 5.02 Å². The van der Waals surface area contributed by atoms with Crippen LogP contribution >= 0.6 is 27.5 Å². The summed E-state index contributed by atoms with van der Waals surface area (Å²) in [6.45, 7) is 0.159. The number of hydrogen-bond donors (Lipinski definition) is 2. The van der Waals surface area contributed by atoms with Crippen LogP contribution in [-0.2, 0) is 11.3 Å². The van der Waals surface area contributed by atoms with Crippen LogP contribution in [-0.4, -0.2) is 15.9 Å². The predicted molar refractivity (Wildman–Crippen MR) is 96.2 cm³/mol. The molecular formula is C16H12BrClN4O2. The third-order valence-electron chi connectivity index (χ3n) is 3.10. The first-order valence-electron chi connectivity index (χ1n) is 6.93. The van der Waals surface area contributed by atoms with E-state index in [4.69, 9.17) is 21.8 Å². The Morgan fingerprint density at radius 2 is 2.25 bits per heavy atom. The Hall–Kier alpha value is -2.38. The average molecular weight is 408 g/mol. The zero-order valence-electron chi connectivity index (χ0n) is 12.3. The van der Waals surface area contributed by atoms with Gasteiger partial charge in [0.1, 0.15) is 11.3 Å². The van der Waals surface area contributed by atoms with Crippen molar-refractivity contribution >= 4 is 56.4 Å². The minimum atomic E-state index is -0.277. The lowest BCUT2D eigenvalue weighted by molar-refractivity contribution is -0.116. The van der Waals surface area contributed by atoms with Crippen molar-refractivity contribution in [3.63, 3.8) is 0 Å². The molecule has 3 aromatic rings. The first-order chi connectivity index (χ1) is 11.5. The summed E-state index contributed by atoms with van der Waals surface area (Å²) in [5.74, 6) is 0.528. The molecule has 0 radical (unpaired) electrons. The number of nitrogens with zero attached hydrogens (tertiary/aromatic N) is 2. The molecule has 0 bridgehead atoms. The minimum Gasteiger partial charge on any atom is -0.437 e. The van der Waals surface area contributed by atoms with E-state index in [1.807, 2.05) is 0 Å². The second kappa shape index (κ2) is 7.02. The van der Waals surface area contributed by atoms with Gasteiger partial charge in [-0.25, -0.2) is 9.97 Å². The van der Waals surface area contributed by atoms with Crippen LogP contribution in [0.1, 0.15) is 11.5 Å². The van der Waals surface area contributed by atoms with Crippen LogP contribution in [0.3, 0.4) is 0 Å². The van der Waals surface area contributed by atoms with Gasteiger partial charge < -0.3 is 15.5 Å². The van der Waals surface area contributed by atoms with Gasteiger partial charge in [0.05, 0.1) is 11.6 Å². The molecule has 0 aliphatic carbocycles. The Kier molecular flexibility index (Phi) is 4.82. The molecule has 3 rings (SSSR count). The van der Waals surface area contributed by atoms with E-state index in [2.05, 4.69) is 31.2 Å². The summed E-state index contributed by atoms with van der Waals surface area (Å²) < 4.78 is 6.36. The summed E-state index contributed by atoms with van der Waals surface area (Å²) in [6.07, 6.45) is 4.63. The third-order valence-corrected chi connectivity index (χ3v) is 3.84. The standard InChI is InChI=1S/C16H12BrClN4O2/c17-10-5-11(18)16-12(6-10)22-15(24-16)8-21-14(23)4-2-9-1-3-13(19)20-7-9/h1-7H,8H2,(H2,19,20)(H,21,23)/b4-2+. The Labute approximate surface area is 150 Å². The maximum atomic E-state index is 11.8. The summed E-state index contributed by atoms with van der Waals surface area (Å²) in [5, 5.41) is 3.15. The van der Waals surface area contributed by atoms with Crippen LogP contribution < -0.4 is 11.1 Å². The number of carbonyl (C=O) groups excluding carboxylic acids is 1. The molecule has 2 heterocycles. The second-order valence-corrected chi connectivity index (χ2v) is 6.23. The summed E-state index contributed by atoms with van der Waals surface area (Å²) in [7, 11) is 0. The number of oxazole rings is 1. The molecule has 8 heteroatoms.